The zero-order chi connectivity index (χ0) is 30.7. The summed E-state index contributed by atoms with van der Waals surface area (Å²) in [6.45, 7) is 17.3. The van der Waals surface area contributed by atoms with E-state index in [1.54, 1.807) is 0 Å². The van der Waals surface area contributed by atoms with Crippen LogP contribution in [0.25, 0.3) is 0 Å². The normalized spacial score (nSPS) is 12.4. The standard InChI is InChI=1S/C36H77O3P2.HI/c1-8-10-12-14-16-18-20-22-24-26-28-30-32-38-41(37,34-40(7,35(3)4)36(5)6)39-33-31-29-27-25-23-21-19-17-15-13-11-9-2;/h35-36H,8-34H2,1-7H3;1H/q+1;/p-1. The Kier molecular flexibility index (Phi) is 33.5. The molecule has 0 amide bonds. The van der Waals surface area contributed by atoms with E-state index in [0.717, 1.165) is 12.8 Å². The van der Waals surface area contributed by atoms with Crippen molar-refractivity contribution in [2.45, 2.75) is 207 Å². The maximum absolute atomic E-state index is 14.0. The summed E-state index contributed by atoms with van der Waals surface area (Å²) in [6, 6.07) is 0. The molecule has 256 valence electrons. The Bertz CT molecular complexity index is 558. The van der Waals surface area contributed by atoms with Gasteiger partial charge in [0.25, 0.3) is 0 Å². The van der Waals surface area contributed by atoms with Gasteiger partial charge in [-0.3, -0.25) is 4.57 Å². The van der Waals surface area contributed by atoms with Gasteiger partial charge >= 0.3 is 7.60 Å². The van der Waals surface area contributed by atoms with Crippen LogP contribution in [0.3, 0.4) is 0 Å². The van der Waals surface area contributed by atoms with E-state index in [1.165, 1.54) is 141 Å². The van der Waals surface area contributed by atoms with Gasteiger partial charge in [-0.05, 0) is 40.5 Å². The van der Waals surface area contributed by atoms with Crippen LogP contribution in [-0.4, -0.2) is 37.1 Å². The van der Waals surface area contributed by atoms with E-state index in [9.17, 15) is 4.57 Å². The zero-order valence-corrected chi connectivity index (χ0v) is 33.7. The van der Waals surface area contributed by atoms with Crippen LogP contribution in [0.15, 0.2) is 0 Å². The highest BCUT2D eigenvalue weighted by Crippen LogP contribution is 2.72. The van der Waals surface area contributed by atoms with E-state index in [1.807, 2.05) is 0 Å². The van der Waals surface area contributed by atoms with Gasteiger partial charge in [0.2, 0.25) is 0 Å². The monoisotopic (exact) mass is 746 g/mol. The smallest absolute Gasteiger partial charge is 0.367 e. The van der Waals surface area contributed by atoms with Gasteiger partial charge in [-0.15, -0.1) is 0 Å². The van der Waals surface area contributed by atoms with Crippen LogP contribution in [0.5, 0.6) is 0 Å². The molecule has 0 saturated carbocycles. The second kappa shape index (κ2) is 30.9. The average Bonchev–Trinajstić information content (AvgIpc) is 2.93. The molecule has 6 heteroatoms. The minimum Gasteiger partial charge on any atom is -1.00 e. The maximum Gasteiger partial charge on any atom is 0.367 e. The number of halogens is 1. The summed E-state index contributed by atoms with van der Waals surface area (Å²) in [4.78, 5) is 0. The van der Waals surface area contributed by atoms with Gasteiger partial charge in [0, 0.05) is 7.26 Å². The molecule has 0 spiro atoms. The lowest BCUT2D eigenvalue weighted by Crippen LogP contribution is -3.00. The topological polar surface area (TPSA) is 35.5 Å². The summed E-state index contributed by atoms with van der Waals surface area (Å²) < 4.78 is 26.4. The summed E-state index contributed by atoms with van der Waals surface area (Å²) in [5.74, 6) is 0.645. The Morgan fingerprint density at radius 1 is 0.476 bits per heavy atom. The van der Waals surface area contributed by atoms with Crippen molar-refractivity contribution in [1.82, 2.24) is 0 Å². The van der Waals surface area contributed by atoms with E-state index >= 15 is 0 Å². The molecule has 0 aliphatic rings. The molecule has 0 aliphatic heterocycles. The Balaban J connectivity index is 0. The Hall–Kier alpha value is 1.31. The summed E-state index contributed by atoms with van der Waals surface area (Å²) in [7, 11) is -4.48. The average molecular weight is 747 g/mol. The van der Waals surface area contributed by atoms with Crippen molar-refractivity contribution in [1.29, 1.82) is 0 Å². The van der Waals surface area contributed by atoms with E-state index in [4.69, 9.17) is 9.05 Å². The van der Waals surface area contributed by atoms with E-state index in [-0.39, 0.29) is 24.0 Å². The fraction of sp³-hybridized carbons (Fsp3) is 1.00. The highest BCUT2D eigenvalue weighted by molar-refractivity contribution is 7.85. The largest absolute Gasteiger partial charge is 1.00 e. The molecule has 0 aliphatic carbocycles. The second-order valence-electron chi connectivity index (χ2n) is 13.7. The molecule has 0 N–H and O–H groups in total. The van der Waals surface area contributed by atoms with Crippen molar-refractivity contribution < 1.29 is 37.6 Å². The van der Waals surface area contributed by atoms with E-state index in [2.05, 4.69) is 48.2 Å². The van der Waals surface area contributed by atoms with Crippen molar-refractivity contribution in [3.63, 3.8) is 0 Å². The minimum atomic E-state index is -3.06. The van der Waals surface area contributed by atoms with Crippen molar-refractivity contribution in [3.8, 4) is 0 Å². The number of rotatable bonds is 32. The predicted molar refractivity (Wildman–Crippen MR) is 190 cm³/mol. The first kappa shape index (κ1) is 45.4. The zero-order valence-electron chi connectivity index (χ0n) is 29.7. The van der Waals surface area contributed by atoms with Crippen molar-refractivity contribution in [2.24, 2.45) is 0 Å². The van der Waals surface area contributed by atoms with Crippen molar-refractivity contribution >= 4 is 14.9 Å². The molecule has 0 aromatic carbocycles. The fourth-order valence-corrected chi connectivity index (χ4v) is 14.0. The number of hydrogen-bond acceptors (Lipinski definition) is 3. The summed E-state index contributed by atoms with van der Waals surface area (Å²) in [6.07, 6.45) is 31.8. The first-order valence-electron chi connectivity index (χ1n) is 18.4. The Morgan fingerprint density at radius 3 is 0.952 bits per heavy atom. The molecular formula is C36H77IO3P2. The van der Waals surface area contributed by atoms with Crippen LogP contribution in [-0.2, 0) is 13.6 Å². The van der Waals surface area contributed by atoms with Crippen LogP contribution in [0.4, 0.5) is 0 Å². The van der Waals surface area contributed by atoms with Gasteiger partial charge in [-0.2, -0.15) is 0 Å². The van der Waals surface area contributed by atoms with Crippen molar-refractivity contribution in [3.05, 3.63) is 0 Å². The minimum absolute atomic E-state index is 0. The first-order valence-corrected chi connectivity index (χ1v) is 22.7. The fourth-order valence-electron chi connectivity index (χ4n) is 5.71. The van der Waals surface area contributed by atoms with Crippen LogP contribution in [0.1, 0.15) is 196 Å². The van der Waals surface area contributed by atoms with E-state index < -0.39 is 14.9 Å². The Morgan fingerprint density at radius 2 is 0.714 bits per heavy atom. The third-order valence-electron chi connectivity index (χ3n) is 9.41. The van der Waals surface area contributed by atoms with Gasteiger partial charge in [-0.25, -0.2) is 0 Å². The van der Waals surface area contributed by atoms with Crippen LogP contribution < -0.4 is 24.0 Å². The van der Waals surface area contributed by atoms with Gasteiger partial charge in [0.1, 0.15) is 0 Å². The van der Waals surface area contributed by atoms with Gasteiger partial charge < -0.3 is 33.0 Å². The SMILES string of the molecule is CCCCCCCCCCCCCCOP(=O)(C[P+](C)(C(C)C)C(C)C)OCCCCCCCCCCCCCC.[I-]. The highest BCUT2D eigenvalue weighted by Gasteiger charge is 2.47. The molecule has 0 heterocycles. The molecule has 0 saturated heterocycles. The van der Waals surface area contributed by atoms with Crippen LogP contribution in [0, 0.1) is 0 Å². The predicted octanol–water partition coefficient (Wildman–Crippen LogP) is 11.0. The van der Waals surface area contributed by atoms with Crippen LogP contribution in [0.2, 0.25) is 0 Å². The quantitative estimate of drug-likeness (QED) is 0.0391. The molecule has 3 nitrogen and oxygen atoms in total. The third kappa shape index (κ3) is 25.5. The van der Waals surface area contributed by atoms with Gasteiger partial charge in [0.15, 0.2) is 5.90 Å². The van der Waals surface area contributed by atoms with Crippen LogP contribution >= 0.6 is 14.9 Å². The second-order valence-corrected chi connectivity index (χ2v) is 21.4. The van der Waals surface area contributed by atoms with Crippen molar-refractivity contribution in [2.75, 3.05) is 25.8 Å². The molecule has 0 aromatic heterocycles. The third-order valence-corrected chi connectivity index (χ3v) is 19.1. The molecule has 0 unspecified atom stereocenters. The molecule has 0 bridgehead atoms. The summed E-state index contributed by atoms with van der Waals surface area (Å²) >= 11 is 0. The Labute approximate surface area is 283 Å². The van der Waals surface area contributed by atoms with E-state index in [0.29, 0.717) is 30.4 Å². The lowest BCUT2D eigenvalue weighted by atomic mass is 10.1. The van der Waals surface area contributed by atoms with Gasteiger partial charge in [0.05, 0.1) is 31.2 Å². The first-order chi connectivity index (χ1) is 19.7. The lowest BCUT2D eigenvalue weighted by Gasteiger charge is -2.33. The summed E-state index contributed by atoms with van der Waals surface area (Å²) in [5.41, 5.74) is 1.09. The number of hydrogen-bond donors (Lipinski definition) is 0. The van der Waals surface area contributed by atoms with Gasteiger partial charge in [-0.1, -0.05) is 155 Å². The molecular weight excluding hydrogens is 669 g/mol. The molecule has 0 aromatic rings. The molecule has 42 heavy (non-hydrogen) atoms. The summed E-state index contributed by atoms with van der Waals surface area (Å²) in [5, 5.41) is 0. The maximum atomic E-state index is 14.0. The lowest BCUT2D eigenvalue weighted by molar-refractivity contribution is -0.0000141. The number of unbranched alkanes of at least 4 members (excludes halogenated alkanes) is 22. The molecule has 0 atom stereocenters. The molecule has 0 rings (SSSR count). The molecule has 0 radical (unpaired) electrons. The highest BCUT2D eigenvalue weighted by atomic mass is 127. The molecule has 0 fully saturated rings.